The summed E-state index contributed by atoms with van der Waals surface area (Å²) in [6, 6.07) is 8.67. The summed E-state index contributed by atoms with van der Waals surface area (Å²) in [5.74, 6) is 1.29. The number of nitrogens with zero attached hydrogens (tertiary/aromatic N) is 2. The number of ether oxygens (including phenoxy) is 2. The lowest BCUT2D eigenvalue weighted by molar-refractivity contribution is 0.401. The molecule has 0 unspecified atom stereocenters. The molecule has 0 saturated carbocycles. The topological polar surface area (TPSA) is 64.2 Å². The zero-order valence-corrected chi connectivity index (χ0v) is 11.5. The number of pyridine rings is 1. The minimum atomic E-state index is -0.289. The Morgan fingerprint density at radius 2 is 1.95 bits per heavy atom. The number of benzene rings is 1. The van der Waals surface area contributed by atoms with Crippen LogP contribution in [0.25, 0.3) is 5.69 Å². The summed E-state index contributed by atoms with van der Waals surface area (Å²) < 4.78 is 12.3. The number of rotatable bonds is 3. The van der Waals surface area contributed by atoms with Crippen LogP contribution in [0.1, 0.15) is 11.3 Å². The maximum Gasteiger partial charge on any atom is 0.199 e. The van der Waals surface area contributed by atoms with Crippen molar-refractivity contribution in [3.8, 4) is 23.3 Å². The number of methoxy groups -OCH3 is 2. The molecule has 1 aromatic carbocycles. The monoisotopic (exact) mass is 270 g/mol. The molecule has 1 aromatic heterocycles. The summed E-state index contributed by atoms with van der Waals surface area (Å²) >= 11 is 0. The maximum atomic E-state index is 11.6. The van der Waals surface area contributed by atoms with E-state index in [0.717, 1.165) is 0 Å². The van der Waals surface area contributed by atoms with E-state index in [1.165, 1.54) is 12.3 Å². The van der Waals surface area contributed by atoms with E-state index in [9.17, 15) is 4.79 Å². The van der Waals surface area contributed by atoms with Crippen LogP contribution in [0.2, 0.25) is 0 Å². The van der Waals surface area contributed by atoms with Crippen molar-refractivity contribution >= 4 is 0 Å². The average molecular weight is 270 g/mol. The lowest BCUT2D eigenvalue weighted by atomic mass is 10.2. The van der Waals surface area contributed by atoms with Gasteiger partial charge in [-0.1, -0.05) is 0 Å². The van der Waals surface area contributed by atoms with Gasteiger partial charge >= 0.3 is 0 Å². The largest absolute Gasteiger partial charge is 0.497 e. The maximum absolute atomic E-state index is 11.6. The lowest BCUT2D eigenvalue weighted by Gasteiger charge is -2.15. The van der Waals surface area contributed by atoms with E-state index in [4.69, 9.17) is 14.7 Å². The molecule has 0 bridgehead atoms. The van der Waals surface area contributed by atoms with Gasteiger partial charge in [0.05, 0.1) is 19.9 Å². The highest BCUT2D eigenvalue weighted by atomic mass is 16.5. The van der Waals surface area contributed by atoms with Crippen LogP contribution in [0.5, 0.6) is 11.5 Å². The Morgan fingerprint density at radius 1 is 1.20 bits per heavy atom. The van der Waals surface area contributed by atoms with Gasteiger partial charge in [-0.15, -0.1) is 0 Å². The zero-order chi connectivity index (χ0) is 14.7. The molecule has 5 heteroatoms. The summed E-state index contributed by atoms with van der Waals surface area (Å²) in [6.07, 6.45) is 1.51. The van der Waals surface area contributed by atoms with Crippen LogP contribution in [-0.2, 0) is 0 Å². The molecule has 0 amide bonds. The van der Waals surface area contributed by atoms with Crippen molar-refractivity contribution in [3.05, 3.63) is 51.9 Å². The number of aromatic nitrogens is 1. The third-order valence-electron chi connectivity index (χ3n) is 3.01. The number of hydrogen-bond acceptors (Lipinski definition) is 4. The fourth-order valence-electron chi connectivity index (χ4n) is 1.96. The van der Waals surface area contributed by atoms with Gasteiger partial charge in [0.25, 0.3) is 0 Å². The minimum absolute atomic E-state index is 0.0838. The van der Waals surface area contributed by atoms with Gasteiger partial charge in [0.2, 0.25) is 0 Å². The molecule has 0 atom stereocenters. The molecule has 0 spiro atoms. The van der Waals surface area contributed by atoms with Gasteiger partial charge in [-0.05, 0) is 19.1 Å². The molecule has 20 heavy (non-hydrogen) atoms. The predicted octanol–water partition coefficient (Wildman–Crippen LogP) is 2.03. The first-order chi connectivity index (χ1) is 9.60. The first-order valence-electron chi connectivity index (χ1n) is 5.96. The second-order valence-corrected chi connectivity index (χ2v) is 4.21. The van der Waals surface area contributed by atoms with Crippen LogP contribution >= 0.6 is 0 Å². The Kier molecular flexibility index (Phi) is 3.76. The van der Waals surface area contributed by atoms with E-state index in [2.05, 4.69) is 0 Å². The molecule has 5 nitrogen and oxygen atoms in total. The first-order valence-corrected chi connectivity index (χ1v) is 5.96. The summed E-state index contributed by atoms with van der Waals surface area (Å²) in [7, 11) is 3.14. The Bertz CT molecular complexity index is 742. The van der Waals surface area contributed by atoms with E-state index in [1.54, 1.807) is 43.9 Å². The average Bonchev–Trinajstić information content (AvgIpc) is 2.47. The van der Waals surface area contributed by atoms with Crippen LogP contribution < -0.4 is 14.9 Å². The third-order valence-corrected chi connectivity index (χ3v) is 3.01. The quantitative estimate of drug-likeness (QED) is 0.856. The van der Waals surface area contributed by atoms with Crippen molar-refractivity contribution in [1.29, 1.82) is 5.26 Å². The van der Waals surface area contributed by atoms with Gasteiger partial charge in [0.15, 0.2) is 5.43 Å². The number of aryl methyl sites for hydroxylation is 1. The van der Waals surface area contributed by atoms with Gasteiger partial charge in [-0.3, -0.25) is 4.79 Å². The minimum Gasteiger partial charge on any atom is -0.497 e. The van der Waals surface area contributed by atoms with Crippen LogP contribution in [-0.4, -0.2) is 18.8 Å². The molecule has 2 aromatic rings. The molecular weight excluding hydrogens is 256 g/mol. The molecule has 0 aliphatic heterocycles. The van der Waals surface area contributed by atoms with Gasteiger partial charge < -0.3 is 14.0 Å². The molecular formula is C15H14N2O3. The highest BCUT2D eigenvalue weighted by Gasteiger charge is 2.11. The Morgan fingerprint density at radius 3 is 2.55 bits per heavy atom. The molecule has 0 N–H and O–H groups in total. The molecule has 102 valence electrons. The van der Waals surface area contributed by atoms with E-state index in [1.807, 2.05) is 6.07 Å². The van der Waals surface area contributed by atoms with Crippen molar-refractivity contribution in [2.45, 2.75) is 6.92 Å². The van der Waals surface area contributed by atoms with Crippen LogP contribution in [0.15, 0.2) is 35.3 Å². The normalized spacial score (nSPS) is 9.90. The summed E-state index contributed by atoms with van der Waals surface area (Å²) in [6.45, 7) is 1.79. The second-order valence-electron chi connectivity index (χ2n) is 4.21. The van der Waals surface area contributed by atoms with Crippen molar-refractivity contribution in [3.63, 3.8) is 0 Å². The smallest absolute Gasteiger partial charge is 0.199 e. The standard InChI is InChI=1S/C15H14N2O3/c1-10-6-14(18)11(8-16)9-17(10)13-7-12(19-2)4-5-15(13)20-3/h4-7,9H,1-3H3. The molecule has 0 radical (unpaired) electrons. The van der Waals surface area contributed by atoms with Gasteiger partial charge in [-0.25, -0.2) is 0 Å². The highest BCUT2D eigenvalue weighted by Crippen LogP contribution is 2.28. The third kappa shape index (κ3) is 2.36. The van der Waals surface area contributed by atoms with E-state index < -0.39 is 0 Å². The molecule has 1 heterocycles. The Balaban J connectivity index is 2.73. The predicted molar refractivity (Wildman–Crippen MR) is 74.6 cm³/mol. The highest BCUT2D eigenvalue weighted by molar-refractivity contribution is 5.53. The molecule has 0 aliphatic carbocycles. The lowest BCUT2D eigenvalue weighted by Crippen LogP contribution is -2.12. The van der Waals surface area contributed by atoms with Gasteiger partial charge in [-0.2, -0.15) is 5.26 Å². The van der Waals surface area contributed by atoms with Crippen LogP contribution in [0, 0.1) is 18.3 Å². The van der Waals surface area contributed by atoms with E-state index in [-0.39, 0.29) is 11.0 Å². The van der Waals surface area contributed by atoms with Gasteiger partial charge in [0.1, 0.15) is 23.1 Å². The number of nitriles is 1. The van der Waals surface area contributed by atoms with E-state index in [0.29, 0.717) is 22.9 Å². The number of hydrogen-bond donors (Lipinski definition) is 0. The summed E-state index contributed by atoms with van der Waals surface area (Å²) in [5, 5.41) is 8.99. The molecule has 2 rings (SSSR count). The fourth-order valence-corrected chi connectivity index (χ4v) is 1.96. The van der Waals surface area contributed by atoms with Crippen molar-refractivity contribution < 1.29 is 9.47 Å². The van der Waals surface area contributed by atoms with Gasteiger partial charge in [0, 0.05) is 24.0 Å². The Hall–Kier alpha value is -2.74. The SMILES string of the molecule is COc1ccc(OC)c(-n2cc(C#N)c(=O)cc2C)c1. The fraction of sp³-hybridized carbons (Fsp3) is 0.200. The van der Waals surface area contributed by atoms with Crippen molar-refractivity contribution in [2.24, 2.45) is 0 Å². The summed E-state index contributed by atoms with van der Waals surface area (Å²) in [4.78, 5) is 11.6. The van der Waals surface area contributed by atoms with Crippen LogP contribution in [0.4, 0.5) is 0 Å². The Labute approximate surface area is 116 Å². The first kappa shape index (κ1) is 13.7. The second kappa shape index (κ2) is 5.49. The molecule has 0 aliphatic rings. The van der Waals surface area contributed by atoms with Crippen molar-refractivity contribution in [2.75, 3.05) is 14.2 Å². The van der Waals surface area contributed by atoms with Crippen LogP contribution in [0.3, 0.4) is 0 Å². The zero-order valence-electron chi connectivity index (χ0n) is 11.5. The molecule has 0 fully saturated rings. The summed E-state index contributed by atoms with van der Waals surface area (Å²) in [5.41, 5.74) is 1.21. The van der Waals surface area contributed by atoms with Crippen molar-refractivity contribution in [1.82, 2.24) is 4.57 Å². The van der Waals surface area contributed by atoms with E-state index >= 15 is 0 Å². The molecule has 0 saturated heterocycles.